The van der Waals surface area contributed by atoms with Crippen LogP contribution in [0, 0.1) is 13.8 Å². The Morgan fingerprint density at radius 1 is 1.45 bits per heavy atom. The second-order valence-electron chi connectivity index (χ2n) is 5.15. The molecule has 1 aromatic rings. The molecule has 1 fully saturated rings. The van der Waals surface area contributed by atoms with Crippen LogP contribution in [-0.2, 0) is 16.1 Å². The molecule has 1 aliphatic rings. The fourth-order valence-electron chi connectivity index (χ4n) is 2.28. The molecule has 1 saturated heterocycles. The Balaban J connectivity index is 2.11. The van der Waals surface area contributed by atoms with Crippen molar-refractivity contribution in [1.82, 2.24) is 14.5 Å². The van der Waals surface area contributed by atoms with E-state index >= 15 is 0 Å². The molecule has 2 heterocycles. The summed E-state index contributed by atoms with van der Waals surface area (Å²) in [5.41, 5.74) is 0.465. The third kappa shape index (κ3) is 3.65. The van der Waals surface area contributed by atoms with Gasteiger partial charge >= 0.3 is 11.9 Å². The van der Waals surface area contributed by atoms with Crippen LogP contribution in [0.2, 0.25) is 0 Å². The molecule has 22 heavy (non-hydrogen) atoms. The van der Waals surface area contributed by atoms with E-state index in [9.17, 15) is 22.8 Å². The van der Waals surface area contributed by atoms with Gasteiger partial charge in [0.15, 0.2) is 6.10 Å². The van der Waals surface area contributed by atoms with Gasteiger partial charge in [0.25, 0.3) is 0 Å². The molecule has 0 aliphatic carbocycles. The number of amides is 1. The van der Waals surface area contributed by atoms with Gasteiger partial charge in [-0.3, -0.25) is 9.36 Å². The second kappa shape index (κ2) is 6.07. The maximum absolute atomic E-state index is 12.6. The van der Waals surface area contributed by atoms with Crippen LogP contribution in [0.5, 0.6) is 0 Å². The van der Waals surface area contributed by atoms with Gasteiger partial charge in [0.1, 0.15) is 6.54 Å². The van der Waals surface area contributed by atoms with Gasteiger partial charge in [-0.25, -0.2) is 4.79 Å². The average molecular weight is 319 g/mol. The lowest BCUT2D eigenvalue weighted by Crippen LogP contribution is -2.52. The smallest absolute Gasteiger partial charge is 0.365 e. The number of aryl methyl sites for hydroxylation is 2. The van der Waals surface area contributed by atoms with Crippen molar-refractivity contribution < 1.29 is 22.7 Å². The molecule has 0 aromatic carbocycles. The van der Waals surface area contributed by atoms with E-state index in [2.05, 4.69) is 9.72 Å². The van der Waals surface area contributed by atoms with Gasteiger partial charge in [0.05, 0.1) is 13.2 Å². The van der Waals surface area contributed by atoms with Crippen molar-refractivity contribution in [1.29, 1.82) is 0 Å². The van der Waals surface area contributed by atoms with E-state index < -0.39 is 30.4 Å². The molecule has 0 bridgehead atoms. The highest BCUT2D eigenvalue weighted by Crippen LogP contribution is 2.25. The summed E-state index contributed by atoms with van der Waals surface area (Å²) >= 11 is 0. The topological polar surface area (TPSA) is 64.4 Å². The molecule has 0 radical (unpaired) electrons. The third-order valence-corrected chi connectivity index (χ3v) is 3.42. The van der Waals surface area contributed by atoms with Gasteiger partial charge in [-0.05, 0) is 19.9 Å². The van der Waals surface area contributed by atoms with E-state index in [1.165, 1.54) is 0 Å². The first-order valence-corrected chi connectivity index (χ1v) is 6.69. The van der Waals surface area contributed by atoms with Crippen LogP contribution in [0.25, 0.3) is 0 Å². The van der Waals surface area contributed by atoms with Crippen molar-refractivity contribution in [3.8, 4) is 0 Å². The van der Waals surface area contributed by atoms with Crippen molar-refractivity contribution in [2.75, 3.05) is 19.7 Å². The zero-order valence-electron chi connectivity index (χ0n) is 12.2. The van der Waals surface area contributed by atoms with Crippen LogP contribution in [0.3, 0.4) is 0 Å². The van der Waals surface area contributed by atoms with Crippen LogP contribution in [0.15, 0.2) is 10.9 Å². The highest BCUT2D eigenvalue weighted by Gasteiger charge is 2.44. The predicted molar refractivity (Wildman–Crippen MR) is 70.3 cm³/mol. The number of halogens is 3. The molecule has 122 valence electrons. The van der Waals surface area contributed by atoms with Crippen molar-refractivity contribution in [3.63, 3.8) is 0 Å². The zero-order chi connectivity index (χ0) is 16.5. The lowest BCUT2D eigenvalue weighted by molar-refractivity contribution is -0.236. The molecule has 0 unspecified atom stereocenters. The Hall–Kier alpha value is -1.90. The quantitative estimate of drug-likeness (QED) is 0.803. The molecular formula is C13H16F3N3O3. The summed E-state index contributed by atoms with van der Waals surface area (Å²) in [6.07, 6.45) is -6.50. The first-order chi connectivity index (χ1) is 10.2. The van der Waals surface area contributed by atoms with Gasteiger partial charge in [0.2, 0.25) is 5.91 Å². The third-order valence-electron chi connectivity index (χ3n) is 3.42. The maximum atomic E-state index is 12.6. The molecule has 6 nitrogen and oxygen atoms in total. The standard InChI is InChI=1S/C13H16F3N3O3/c1-8-5-9(2)19(12(21)17-8)7-11(20)18-3-4-22-10(6-18)13(14,15)16/h5,10H,3-4,6-7H2,1-2H3/t10-/m1/s1. The molecule has 0 saturated carbocycles. The monoisotopic (exact) mass is 319 g/mol. The van der Waals surface area contributed by atoms with Crippen LogP contribution in [0.1, 0.15) is 11.4 Å². The maximum Gasteiger partial charge on any atom is 0.416 e. The first-order valence-electron chi connectivity index (χ1n) is 6.69. The molecule has 1 aliphatic heterocycles. The number of rotatable bonds is 2. The zero-order valence-corrected chi connectivity index (χ0v) is 12.2. The van der Waals surface area contributed by atoms with Crippen molar-refractivity contribution >= 4 is 5.91 Å². The number of carbonyl (C=O) groups is 1. The van der Waals surface area contributed by atoms with Crippen LogP contribution < -0.4 is 5.69 Å². The van der Waals surface area contributed by atoms with Crippen molar-refractivity contribution in [2.45, 2.75) is 32.7 Å². The fraction of sp³-hybridized carbons (Fsp3) is 0.615. The van der Waals surface area contributed by atoms with Crippen molar-refractivity contribution in [2.24, 2.45) is 0 Å². The number of morpholine rings is 1. The number of ether oxygens (including phenoxy) is 1. The molecule has 0 N–H and O–H groups in total. The number of hydrogen-bond acceptors (Lipinski definition) is 4. The van der Waals surface area contributed by atoms with E-state index in [-0.39, 0.29) is 19.7 Å². The van der Waals surface area contributed by atoms with Crippen molar-refractivity contribution in [3.05, 3.63) is 27.9 Å². The van der Waals surface area contributed by atoms with E-state index in [4.69, 9.17) is 0 Å². The van der Waals surface area contributed by atoms with E-state index in [1.807, 2.05) is 0 Å². The van der Waals surface area contributed by atoms with Gasteiger partial charge in [-0.2, -0.15) is 18.2 Å². The minimum Gasteiger partial charge on any atom is -0.365 e. The Kier molecular flexibility index (Phi) is 4.55. The highest BCUT2D eigenvalue weighted by atomic mass is 19.4. The molecular weight excluding hydrogens is 303 g/mol. The van der Waals surface area contributed by atoms with E-state index in [1.54, 1.807) is 19.9 Å². The number of carbonyl (C=O) groups excluding carboxylic acids is 1. The number of hydrogen-bond donors (Lipinski definition) is 0. The Labute approximate surface area is 124 Å². The van der Waals surface area contributed by atoms with Gasteiger partial charge in [-0.1, -0.05) is 0 Å². The lowest BCUT2D eigenvalue weighted by atomic mass is 10.2. The van der Waals surface area contributed by atoms with E-state index in [0.717, 1.165) is 9.47 Å². The summed E-state index contributed by atoms with van der Waals surface area (Å²) < 4.78 is 43.7. The molecule has 1 atom stereocenters. The molecule has 0 spiro atoms. The van der Waals surface area contributed by atoms with Crippen LogP contribution >= 0.6 is 0 Å². The lowest BCUT2D eigenvalue weighted by Gasteiger charge is -2.34. The summed E-state index contributed by atoms with van der Waals surface area (Å²) in [5.74, 6) is -0.562. The minimum atomic E-state index is -4.52. The Bertz CT molecular complexity index is 627. The molecule has 1 aromatic heterocycles. The summed E-state index contributed by atoms with van der Waals surface area (Å²) in [4.78, 5) is 28.7. The normalized spacial score (nSPS) is 19.3. The van der Waals surface area contributed by atoms with Crippen LogP contribution in [-0.4, -0.2) is 52.3 Å². The SMILES string of the molecule is Cc1cc(C)n(CC(=O)N2CCO[C@@H](C(F)(F)F)C2)c(=O)n1. The number of alkyl halides is 3. The Morgan fingerprint density at radius 2 is 2.14 bits per heavy atom. The molecule has 9 heteroatoms. The summed E-state index contributed by atoms with van der Waals surface area (Å²) in [5, 5.41) is 0. The summed E-state index contributed by atoms with van der Waals surface area (Å²) in [6.45, 7) is 2.28. The molecule has 2 rings (SSSR count). The highest BCUT2D eigenvalue weighted by molar-refractivity contribution is 5.76. The minimum absolute atomic E-state index is 0.0680. The fourth-order valence-corrected chi connectivity index (χ4v) is 2.28. The number of nitrogens with zero attached hydrogens (tertiary/aromatic N) is 3. The predicted octanol–water partition coefficient (Wildman–Crippen LogP) is 0.650. The van der Waals surface area contributed by atoms with Crippen LogP contribution in [0.4, 0.5) is 13.2 Å². The van der Waals surface area contributed by atoms with E-state index in [0.29, 0.717) is 11.4 Å². The largest absolute Gasteiger partial charge is 0.416 e. The first kappa shape index (κ1) is 16.5. The van der Waals surface area contributed by atoms with Gasteiger partial charge in [0, 0.05) is 17.9 Å². The molecule has 1 amide bonds. The van der Waals surface area contributed by atoms with Gasteiger partial charge in [-0.15, -0.1) is 0 Å². The summed E-state index contributed by atoms with van der Waals surface area (Å²) in [7, 11) is 0. The number of aromatic nitrogens is 2. The summed E-state index contributed by atoms with van der Waals surface area (Å²) in [6, 6.07) is 1.63. The second-order valence-corrected chi connectivity index (χ2v) is 5.15. The average Bonchev–Trinajstić information content (AvgIpc) is 2.41. The Morgan fingerprint density at radius 3 is 2.73 bits per heavy atom. The van der Waals surface area contributed by atoms with Gasteiger partial charge < -0.3 is 9.64 Å².